The highest BCUT2D eigenvalue weighted by Crippen LogP contribution is 2.05. The molecule has 1 amide bonds. The zero-order valence-electron chi connectivity index (χ0n) is 9.07. The Bertz CT molecular complexity index is 345. The van der Waals surface area contributed by atoms with Crippen LogP contribution in [0.3, 0.4) is 0 Å². The van der Waals surface area contributed by atoms with Crippen molar-refractivity contribution in [2.75, 3.05) is 6.54 Å². The topological polar surface area (TPSA) is 55.1 Å². The molecule has 0 fully saturated rings. The van der Waals surface area contributed by atoms with E-state index in [2.05, 4.69) is 5.32 Å². The molecule has 0 spiro atoms. The maximum absolute atomic E-state index is 13.1. The average molecular weight is 247 g/mol. The van der Waals surface area contributed by atoms with E-state index in [0.29, 0.717) is 18.5 Å². The lowest BCUT2D eigenvalue weighted by molar-refractivity contribution is -0.121. The monoisotopic (exact) mass is 246 g/mol. The summed E-state index contributed by atoms with van der Waals surface area (Å²) in [5, 5.41) is 2.63. The number of halogens is 2. The van der Waals surface area contributed by atoms with Crippen molar-refractivity contribution >= 4 is 18.3 Å². The molecule has 0 radical (unpaired) electrons. The molecule has 0 unspecified atom stereocenters. The van der Waals surface area contributed by atoms with Crippen LogP contribution in [0.2, 0.25) is 0 Å². The summed E-state index contributed by atoms with van der Waals surface area (Å²) in [6.07, 6.45) is 0.477. The second-order valence-corrected chi connectivity index (χ2v) is 3.42. The number of amides is 1. The fraction of sp³-hybridized carbons (Fsp3) is 0.364. The summed E-state index contributed by atoms with van der Waals surface area (Å²) in [4.78, 5) is 11.1. The van der Waals surface area contributed by atoms with Gasteiger partial charge >= 0.3 is 0 Å². The summed E-state index contributed by atoms with van der Waals surface area (Å²) in [5.41, 5.74) is 5.96. The molecule has 16 heavy (non-hydrogen) atoms. The molecular weight excluding hydrogens is 231 g/mol. The van der Waals surface area contributed by atoms with Gasteiger partial charge in [0.05, 0.1) is 6.04 Å². The predicted octanol–water partition coefficient (Wildman–Crippen LogP) is 1.25. The van der Waals surface area contributed by atoms with E-state index in [-0.39, 0.29) is 24.1 Å². The summed E-state index contributed by atoms with van der Waals surface area (Å²) in [6, 6.07) is 5.99. The number of nitrogens with two attached hydrogens (primary N) is 1. The summed E-state index contributed by atoms with van der Waals surface area (Å²) in [5.74, 6) is -0.459. The van der Waals surface area contributed by atoms with Gasteiger partial charge < -0.3 is 11.1 Å². The summed E-state index contributed by atoms with van der Waals surface area (Å²) >= 11 is 0. The minimum absolute atomic E-state index is 0. The SMILES string of the molecule is C[C@@H](N)C(=O)NCCc1ccccc1F.Cl. The molecular formula is C11H16ClFN2O. The number of hydrogen-bond donors (Lipinski definition) is 2. The van der Waals surface area contributed by atoms with E-state index in [0.717, 1.165) is 0 Å². The number of hydrogen-bond acceptors (Lipinski definition) is 2. The van der Waals surface area contributed by atoms with E-state index in [1.165, 1.54) is 6.07 Å². The van der Waals surface area contributed by atoms with Crippen molar-refractivity contribution in [3.8, 4) is 0 Å². The molecule has 0 bridgehead atoms. The number of carbonyl (C=O) groups is 1. The second-order valence-electron chi connectivity index (χ2n) is 3.42. The first-order valence-electron chi connectivity index (χ1n) is 4.88. The van der Waals surface area contributed by atoms with Gasteiger partial charge in [-0.3, -0.25) is 4.79 Å². The molecule has 0 aliphatic carbocycles. The average Bonchev–Trinajstić information content (AvgIpc) is 2.20. The van der Waals surface area contributed by atoms with Gasteiger partial charge in [0.2, 0.25) is 5.91 Å². The van der Waals surface area contributed by atoms with Crippen LogP contribution in [0.15, 0.2) is 24.3 Å². The molecule has 1 atom stereocenters. The first-order valence-corrected chi connectivity index (χ1v) is 4.88. The van der Waals surface area contributed by atoms with Crippen molar-refractivity contribution in [3.05, 3.63) is 35.6 Å². The lowest BCUT2D eigenvalue weighted by Crippen LogP contribution is -2.39. The molecule has 3 N–H and O–H groups in total. The largest absolute Gasteiger partial charge is 0.354 e. The Labute approximate surface area is 101 Å². The molecule has 0 heterocycles. The van der Waals surface area contributed by atoms with E-state index < -0.39 is 6.04 Å². The van der Waals surface area contributed by atoms with Crippen LogP contribution in [-0.2, 0) is 11.2 Å². The second kappa shape index (κ2) is 7.19. The summed E-state index contributed by atoms with van der Waals surface area (Å²) in [6.45, 7) is 2.01. The third-order valence-corrected chi connectivity index (χ3v) is 2.06. The van der Waals surface area contributed by atoms with Crippen LogP contribution < -0.4 is 11.1 Å². The molecule has 5 heteroatoms. The van der Waals surface area contributed by atoms with Crippen LogP contribution >= 0.6 is 12.4 Å². The molecule has 90 valence electrons. The van der Waals surface area contributed by atoms with Crippen LogP contribution in [0, 0.1) is 5.82 Å². The predicted molar refractivity (Wildman–Crippen MR) is 64.0 cm³/mol. The number of rotatable bonds is 4. The standard InChI is InChI=1S/C11H15FN2O.ClH/c1-8(13)11(15)14-7-6-9-4-2-3-5-10(9)12;/h2-5,8H,6-7,13H2,1H3,(H,14,15);1H/t8-;/m1./s1. The highest BCUT2D eigenvalue weighted by molar-refractivity contribution is 5.85. The van der Waals surface area contributed by atoms with E-state index >= 15 is 0 Å². The smallest absolute Gasteiger partial charge is 0.236 e. The van der Waals surface area contributed by atoms with Crippen molar-refractivity contribution in [2.45, 2.75) is 19.4 Å². The van der Waals surface area contributed by atoms with Crippen molar-refractivity contribution in [2.24, 2.45) is 5.73 Å². The van der Waals surface area contributed by atoms with Gasteiger partial charge in [-0.05, 0) is 25.0 Å². The zero-order chi connectivity index (χ0) is 11.3. The highest BCUT2D eigenvalue weighted by Gasteiger charge is 2.06. The Balaban J connectivity index is 0.00000225. The Morgan fingerprint density at radius 1 is 1.50 bits per heavy atom. The first-order chi connectivity index (χ1) is 7.11. The van der Waals surface area contributed by atoms with Gasteiger partial charge in [0.25, 0.3) is 0 Å². The third kappa shape index (κ3) is 4.59. The van der Waals surface area contributed by atoms with Gasteiger partial charge in [0.15, 0.2) is 0 Å². The van der Waals surface area contributed by atoms with Crippen molar-refractivity contribution in [3.63, 3.8) is 0 Å². The van der Waals surface area contributed by atoms with Gasteiger partial charge in [0.1, 0.15) is 5.82 Å². The van der Waals surface area contributed by atoms with E-state index in [1.54, 1.807) is 25.1 Å². The van der Waals surface area contributed by atoms with Crippen LogP contribution in [0.5, 0.6) is 0 Å². The normalized spacial score (nSPS) is 11.4. The summed E-state index contributed by atoms with van der Waals surface area (Å²) < 4.78 is 13.1. The first kappa shape index (κ1) is 14.9. The van der Waals surface area contributed by atoms with Gasteiger partial charge in [-0.25, -0.2) is 4.39 Å². The highest BCUT2D eigenvalue weighted by atomic mass is 35.5. The van der Waals surface area contributed by atoms with Crippen LogP contribution in [0.1, 0.15) is 12.5 Å². The van der Waals surface area contributed by atoms with Gasteiger partial charge in [-0.1, -0.05) is 18.2 Å². The molecule has 1 aromatic rings. The molecule has 0 aromatic heterocycles. The lowest BCUT2D eigenvalue weighted by atomic mass is 10.1. The quantitative estimate of drug-likeness (QED) is 0.840. The van der Waals surface area contributed by atoms with E-state index in [1.807, 2.05) is 0 Å². The minimum Gasteiger partial charge on any atom is -0.354 e. The van der Waals surface area contributed by atoms with Crippen LogP contribution in [-0.4, -0.2) is 18.5 Å². The molecule has 0 saturated heterocycles. The number of benzene rings is 1. The van der Waals surface area contributed by atoms with E-state index in [4.69, 9.17) is 5.73 Å². The molecule has 0 aliphatic rings. The van der Waals surface area contributed by atoms with Crippen molar-refractivity contribution in [1.82, 2.24) is 5.32 Å². The molecule has 0 aliphatic heterocycles. The Morgan fingerprint density at radius 2 is 2.12 bits per heavy atom. The van der Waals surface area contributed by atoms with Crippen molar-refractivity contribution < 1.29 is 9.18 Å². The third-order valence-electron chi connectivity index (χ3n) is 2.06. The zero-order valence-corrected chi connectivity index (χ0v) is 9.89. The Morgan fingerprint density at radius 3 is 2.69 bits per heavy atom. The van der Waals surface area contributed by atoms with Gasteiger partial charge in [-0.15, -0.1) is 12.4 Å². The minimum atomic E-state index is -0.523. The van der Waals surface area contributed by atoms with Gasteiger partial charge in [-0.2, -0.15) is 0 Å². The van der Waals surface area contributed by atoms with Crippen molar-refractivity contribution in [1.29, 1.82) is 0 Å². The fourth-order valence-electron chi connectivity index (χ4n) is 1.18. The van der Waals surface area contributed by atoms with Gasteiger partial charge in [0, 0.05) is 6.54 Å². The Kier molecular flexibility index (Phi) is 6.69. The van der Waals surface area contributed by atoms with Crippen LogP contribution in [0.25, 0.3) is 0 Å². The fourth-order valence-corrected chi connectivity index (χ4v) is 1.18. The maximum Gasteiger partial charge on any atom is 0.236 e. The lowest BCUT2D eigenvalue weighted by Gasteiger charge is -2.07. The maximum atomic E-state index is 13.1. The van der Waals surface area contributed by atoms with Crippen LogP contribution in [0.4, 0.5) is 4.39 Å². The number of nitrogens with one attached hydrogen (secondary N) is 1. The Hall–Kier alpha value is -1.13. The molecule has 0 saturated carbocycles. The summed E-state index contributed by atoms with van der Waals surface area (Å²) in [7, 11) is 0. The molecule has 3 nitrogen and oxygen atoms in total. The number of carbonyl (C=O) groups excluding carboxylic acids is 1. The van der Waals surface area contributed by atoms with E-state index in [9.17, 15) is 9.18 Å². The molecule has 1 aromatic carbocycles. The molecule has 1 rings (SSSR count).